The molecule has 0 aromatic carbocycles. The van der Waals surface area contributed by atoms with Crippen LogP contribution in [-0.4, -0.2) is 54.5 Å². The van der Waals surface area contributed by atoms with Gasteiger partial charge < -0.3 is 15.1 Å². The first-order valence-corrected chi connectivity index (χ1v) is 5.58. The average Bonchev–Trinajstić information content (AvgIpc) is 2.78. The van der Waals surface area contributed by atoms with Gasteiger partial charge in [-0.3, -0.25) is 4.79 Å². The molecule has 1 N–H and O–H groups in total. The third kappa shape index (κ3) is 2.40. The molecule has 0 aromatic rings. The van der Waals surface area contributed by atoms with E-state index in [1.165, 1.54) is 0 Å². The molecule has 2 aliphatic rings. The van der Waals surface area contributed by atoms with Gasteiger partial charge in [-0.15, -0.1) is 0 Å². The molecule has 2 fully saturated rings. The van der Waals surface area contributed by atoms with Gasteiger partial charge in [0.25, 0.3) is 0 Å². The van der Waals surface area contributed by atoms with Crippen LogP contribution in [0.1, 0.15) is 19.3 Å². The second-order valence-corrected chi connectivity index (χ2v) is 4.06. The molecule has 0 spiro atoms. The monoisotopic (exact) mass is 211 g/mol. The second kappa shape index (κ2) is 4.51. The van der Waals surface area contributed by atoms with Crippen LogP contribution in [0.15, 0.2) is 0 Å². The number of nitrogens with one attached hydrogen (secondary N) is 1. The molecule has 0 unspecified atom stereocenters. The Morgan fingerprint density at radius 2 is 1.93 bits per heavy atom. The normalized spacial score (nSPS) is 21.3. The second-order valence-electron chi connectivity index (χ2n) is 4.06. The summed E-state index contributed by atoms with van der Waals surface area (Å²) in [5.41, 5.74) is 0. The maximum atomic E-state index is 11.3. The molecule has 84 valence electrons. The lowest BCUT2D eigenvalue weighted by Crippen LogP contribution is -2.32. The largest absolute Gasteiger partial charge is 0.343 e. The number of carbonyl (C=O) groups excluding carboxylic acids is 2. The topological polar surface area (TPSA) is 52.7 Å². The van der Waals surface area contributed by atoms with Gasteiger partial charge in [-0.2, -0.15) is 0 Å². The van der Waals surface area contributed by atoms with Crippen molar-refractivity contribution in [3.8, 4) is 0 Å². The average molecular weight is 211 g/mol. The predicted octanol–water partition coefficient (Wildman–Crippen LogP) is 0.0241. The van der Waals surface area contributed by atoms with Crippen LogP contribution in [0.4, 0.5) is 4.79 Å². The molecule has 0 aliphatic carbocycles. The molecule has 2 rings (SSSR count). The minimum Gasteiger partial charge on any atom is -0.343 e. The Hall–Kier alpha value is -1.26. The first-order chi connectivity index (χ1) is 7.27. The van der Waals surface area contributed by atoms with E-state index in [0.717, 1.165) is 45.6 Å². The van der Waals surface area contributed by atoms with Crippen LogP contribution >= 0.6 is 0 Å². The number of likely N-dealkylation sites (tertiary alicyclic amines) is 1. The van der Waals surface area contributed by atoms with E-state index in [-0.39, 0.29) is 11.9 Å². The fourth-order valence-corrected chi connectivity index (χ4v) is 2.12. The lowest BCUT2D eigenvalue weighted by molar-refractivity contribution is -0.127. The van der Waals surface area contributed by atoms with Gasteiger partial charge in [-0.05, 0) is 12.8 Å². The van der Waals surface area contributed by atoms with Crippen molar-refractivity contribution in [2.24, 2.45) is 0 Å². The molecule has 0 aromatic heterocycles. The van der Waals surface area contributed by atoms with Crippen molar-refractivity contribution < 1.29 is 9.59 Å². The van der Waals surface area contributed by atoms with Crippen LogP contribution in [0.5, 0.6) is 0 Å². The molecule has 15 heavy (non-hydrogen) atoms. The fraction of sp³-hybridized carbons (Fsp3) is 0.800. The van der Waals surface area contributed by atoms with E-state index in [9.17, 15) is 9.59 Å². The van der Waals surface area contributed by atoms with E-state index in [4.69, 9.17) is 0 Å². The smallest absolute Gasteiger partial charge is 0.317 e. The van der Waals surface area contributed by atoms with Gasteiger partial charge in [0.05, 0.1) is 0 Å². The zero-order valence-electron chi connectivity index (χ0n) is 8.87. The number of hydrogen-bond donors (Lipinski definition) is 1. The van der Waals surface area contributed by atoms with E-state index < -0.39 is 0 Å². The molecule has 5 nitrogen and oxygen atoms in total. The number of hydrogen-bond acceptors (Lipinski definition) is 2. The summed E-state index contributed by atoms with van der Waals surface area (Å²) in [6.45, 7) is 4.00. The van der Waals surface area contributed by atoms with E-state index in [1.807, 2.05) is 4.90 Å². The Morgan fingerprint density at radius 3 is 2.53 bits per heavy atom. The van der Waals surface area contributed by atoms with E-state index in [0.29, 0.717) is 6.42 Å². The van der Waals surface area contributed by atoms with Crippen molar-refractivity contribution in [2.75, 3.05) is 32.7 Å². The summed E-state index contributed by atoms with van der Waals surface area (Å²) in [6, 6.07) is 0.0303. The van der Waals surface area contributed by atoms with Crippen LogP contribution in [0.2, 0.25) is 0 Å². The molecule has 3 amide bonds. The van der Waals surface area contributed by atoms with Crippen molar-refractivity contribution in [1.29, 1.82) is 0 Å². The van der Waals surface area contributed by atoms with E-state index in [1.54, 1.807) is 4.90 Å². The molecule has 0 atom stereocenters. The van der Waals surface area contributed by atoms with Gasteiger partial charge in [0.2, 0.25) is 5.91 Å². The number of carbonyl (C=O) groups is 2. The minimum absolute atomic E-state index is 0.0303. The minimum atomic E-state index is 0.0303. The molecule has 2 heterocycles. The zero-order chi connectivity index (χ0) is 10.7. The maximum Gasteiger partial charge on any atom is 0.317 e. The summed E-state index contributed by atoms with van der Waals surface area (Å²) in [5.74, 6) is 0.265. The van der Waals surface area contributed by atoms with Gasteiger partial charge in [-0.1, -0.05) is 0 Å². The first-order valence-electron chi connectivity index (χ1n) is 5.58. The number of urea groups is 1. The van der Waals surface area contributed by atoms with Crippen molar-refractivity contribution in [3.63, 3.8) is 0 Å². The van der Waals surface area contributed by atoms with Gasteiger partial charge in [0, 0.05) is 39.1 Å². The van der Waals surface area contributed by atoms with Gasteiger partial charge in [0.15, 0.2) is 0 Å². The standard InChI is InChI=1S/C10H17N3O2/c14-9-3-1-5-12(9)6-2-7-13-8-4-11-10(13)15/h1-8H2,(H,11,15). The quantitative estimate of drug-likeness (QED) is 0.713. The number of nitrogens with zero attached hydrogens (tertiary/aromatic N) is 2. The molecule has 2 aliphatic heterocycles. The highest BCUT2D eigenvalue weighted by atomic mass is 16.2. The molecule has 0 bridgehead atoms. The van der Waals surface area contributed by atoms with Crippen LogP contribution in [0.3, 0.4) is 0 Å². The summed E-state index contributed by atoms with van der Waals surface area (Å²) >= 11 is 0. The van der Waals surface area contributed by atoms with E-state index in [2.05, 4.69) is 5.32 Å². The summed E-state index contributed by atoms with van der Waals surface area (Å²) in [7, 11) is 0. The van der Waals surface area contributed by atoms with Gasteiger partial charge >= 0.3 is 6.03 Å². The van der Waals surface area contributed by atoms with Crippen LogP contribution in [0, 0.1) is 0 Å². The van der Waals surface area contributed by atoms with Crippen LogP contribution in [0.25, 0.3) is 0 Å². The molecular weight excluding hydrogens is 194 g/mol. The fourth-order valence-electron chi connectivity index (χ4n) is 2.12. The molecule has 0 saturated carbocycles. The Balaban J connectivity index is 1.66. The van der Waals surface area contributed by atoms with Crippen molar-refractivity contribution in [2.45, 2.75) is 19.3 Å². The van der Waals surface area contributed by atoms with Crippen molar-refractivity contribution >= 4 is 11.9 Å². The van der Waals surface area contributed by atoms with Crippen molar-refractivity contribution in [3.05, 3.63) is 0 Å². The maximum absolute atomic E-state index is 11.3. The molecule has 0 radical (unpaired) electrons. The number of amides is 3. The third-order valence-electron chi connectivity index (χ3n) is 2.97. The Kier molecular flexibility index (Phi) is 3.08. The highest BCUT2D eigenvalue weighted by Crippen LogP contribution is 2.10. The Morgan fingerprint density at radius 1 is 1.13 bits per heavy atom. The zero-order valence-corrected chi connectivity index (χ0v) is 8.87. The first kappa shape index (κ1) is 10.3. The summed E-state index contributed by atoms with van der Waals surface area (Å²) in [5, 5.41) is 2.76. The lowest BCUT2D eigenvalue weighted by Gasteiger charge is -2.18. The summed E-state index contributed by atoms with van der Waals surface area (Å²) in [4.78, 5) is 26.2. The highest BCUT2D eigenvalue weighted by Gasteiger charge is 2.21. The van der Waals surface area contributed by atoms with Crippen LogP contribution < -0.4 is 5.32 Å². The summed E-state index contributed by atoms with van der Waals surface area (Å²) in [6.07, 6.45) is 2.58. The lowest BCUT2D eigenvalue weighted by atomic mass is 10.3. The highest BCUT2D eigenvalue weighted by molar-refractivity contribution is 5.78. The molecule has 2 saturated heterocycles. The summed E-state index contributed by atoms with van der Waals surface area (Å²) < 4.78 is 0. The van der Waals surface area contributed by atoms with Gasteiger partial charge in [-0.25, -0.2) is 4.79 Å². The van der Waals surface area contributed by atoms with Crippen LogP contribution in [-0.2, 0) is 4.79 Å². The van der Waals surface area contributed by atoms with E-state index >= 15 is 0 Å². The molecular formula is C10H17N3O2. The Bertz CT molecular complexity index is 241. The Labute approximate surface area is 89.4 Å². The number of rotatable bonds is 4. The predicted molar refractivity (Wildman–Crippen MR) is 55.4 cm³/mol. The molecule has 5 heteroatoms. The SMILES string of the molecule is O=C1CCCN1CCCN1CCNC1=O. The van der Waals surface area contributed by atoms with Crippen molar-refractivity contribution in [1.82, 2.24) is 15.1 Å². The van der Waals surface area contributed by atoms with Gasteiger partial charge in [0.1, 0.15) is 0 Å². The third-order valence-corrected chi connectivity index (χ3v) is 2.97.